The fraction of sp³-hybridized carbons (Fsp3) is 0.318. The molecule has 7 nitrogen and oxygen atoms in total. The molecule has 0 saturated carbocycles. The van der Waals surface area contributed by atoms with E-state index in [0.29, 0.717) is 45.2 Å². The van der Waals surface area contributed by atoms with E-state index in [2.05, 4.69) is 0 Å². The Morgan fingerprint density at radius 2 is 1.61 bits per heavy atom. The number of carbonyl (C=O) groups excluding carboxylic acids is 3. The molecule has 0 aliphatic carbocycles. The number of carbonyl (C=O) groups is 3. The van der Waals surface area contributed by atoms with Crippen LogP contribution >= 0.6 is 46.6 Å². The summed E-state index contributed by atoms with van der Waals surface area (Å²) < 4.78 is 11.7. The zero-order chi connectivity index (χ0) is 23.7. The van der Waals surface area contributed by atoms with E-state index >= 15 is 0 Å². The molecule has 2 aromatic rings. The van der Waals surface area contributed by atoms with E-state index in [1.165, 1.54) is 11.8 Å². The van der Waals surface area contributed by atoms with Crippen molar-refractivity contribution >= 4 is 64.3 Å². The minimum absolute atomic E-state index is 0.0357. The number of hydrogen-bond donors (Lipinski definition) is 0. The highest BCUT2D eigenvalue weighted by Gasteiger charge is 2.35. The lowest BCUT2D eigenvalue weighted by molar-refractivity contribution is -0.311. The van der Waals surface area contributed by atoms with Crippen LogP contribution in [0.2, 0.25) is 15.1 Å². The number of ether oxygens (including phenoxy) is 2. The van der Waals surface area contributed by atoms with Crippen molar-refractivity contribution in [2.45, 2.75) is 47.9 Å². The van der Waals surface area contributed by atoms with Gasteiger partial charge in [-0.15, -0.1) is 0 Å². The molecule has 1 atom stereocenters. The summed E-state index contributed by atoms with van der Waals surface area (Å²) in [5.74, 6) is -0.774. The molecule has 2 amide bonds. The maximum absolute atomic E-state index is 11.8. The first-order chi connectivity index (χ1) is 15.7. The van der Waals surface area contributed by atoms with Gasteiger partial charge >= 0.3 is 0 Å². The third kappa shape index (κ3) is 5.19. The summed E-state index contributed by atoms with van der Waals surface area (Å²) in [5, 5.41) is 12.6. The van der Waals surface area contributed by atoms with Gasteiger partial charge < -0.3 is 19.4 Å². The van der Waals surface area contributed by atoms with Crippen LogP contribution in [0.15, 0.2) is 34.1 Å². The second-order valence-electron chi connectivity index (χ2n) is 7.48. The molecule has 0 spiro atoms. The van der Waals surface area contributed by atoms with Gasteiger partial charge in [0, 0.05) is 25.0 Å². The molecule has 1 saturated heterocycles. The number of rotatable bonds is 8. The fourth-order valence-corrected chi connectivity index (χ4v) is 5.18. The zero-order valence-corrected chi connectivity index (χ0v) is 20.2. The van der Waals surface area contributed by atoms with Crippen LogP contribution in [0.4, 0.5) is 0 Å². The summed E-state index contributed by atoms with van der Waals surface area (Å²) in [6.45, 7) is 0.268. The van der Waals surface area contributed by atoms with Gasteiger partial charge in [0.1, 0.15) is 17.2 Å². The molecular weight excluding hydrogens is 513 g/mol. The van der Waals surface area contributed by atoms with Crippen LogP contribution in [-0.4, -0.2) is 35.3 Å². The average Bonchev–Trinajstić information content (AvgIpc) is 3.08. The molecule has 2 aliphatic heterocycles. The highest BCUT2D eigenvalue weighted by molar-refractivity contribution is 7.99. The van der Waals surface area contributed by atoms with Crippen molar-refractivity contribution in [1.82, 2.24) is 4.90 Å². The molecule has 2 aromatic carbocycles. The molecule has 1 fully saturated rings. The Balaban J connectivity index is 1.34. The third-order valence-corrected chi connectivity index (χ3v) is 7.32. The average molecular weight is 530 g/mol. The number of benzene rings is 2. The molecule has 2 aliphatic rings. The Morgan fingerprint density at radius 3 is 2.27 bits per heavy atom. The van der Waals surface area contributed by atoms with Crippen LogP contribution < -0.4 is 14.6 Å². The van der Waals surface area contributed by atoms with Crippen molar-refractivity contribution < 1.29 is 29.0 Å². The summed E-state index contributed by atoms with van der Waals surface area (Å²) in [7, 11) is 0. The van der Waals surface area contributed by atoms with Crippen molar-refractivity contribution in [2.75, 3.05) is 6.61 Å². The summed E-state index contributed by atoms with van der Waals surface area (Å²) in [4.78, 5) is 37.5. The third-order valence-electron chi connectivity index (χ3n) is 5.23. The van der Waals surface area contributed by atoms with Gasteiger partial charge in [-0.3, -0.25) is 14.5 Å². The largest absolute Gasteiger partial charge is 0.548 e. The molecule has 0 N–H and O–H groups in total. The number of amides is 2. The van der Waals surface area contributed by atoms with Gasteiger partial charge in [0.15, 0.2) is 0 Å². The van der Waals surface area contributed by atoms with Gasteiger partial charge in [-0.05, 0) is 31.4 Å². The standard InChI is InChI=1S/C22H18Cl3NO6S/c23-11-7-16-18(9-12(11)24)33-19-10-15(13(25)8-17(19)32-16)31-6-2-1-3-14(22(29)30)26-20(27)4-5-21(26)28/h7-10,14H,1-6H2,(H,29,30)/p-1. The fourth-order valence-electron chi connectivity index (χ4n) is 3.61. The molecular formula is C22H17Cl3NO6S-. The van der Waals surface area contributed by atoms with Gasteiger partial charge in [-0.2, -0.15) is 0 Å². The summed E-state index contributed by atoms with van der Waals surface area (Å²) in [5.41, 5.74) is 0. The number of carboxylic acids is 1. The Labute approximate surface area is 208 Å². The molecule has 33 heavy (non-hydrogen) atoms. The molecule has 174 valence electrons. The van der Waals surface area contributed by atoms with Crippen molar-refractivity contribution in [3.8, 4) is 17.2 Å². The molecule has 0 bridgehead atoms. The van der Waals surface area contributed by atoms with Crippen molar-refractivity contribution in [2.24, 2.45) is 0 Å². The Hall–Kier alpha value is -2.13. The quantitative estimate of drug-likeness (QED) is 0.308. The van der Waals surface area contributed by atoms with Gasteiger partial charge in [0.2, 0.25) is 11.8 Å². The second kappa shape index (κ2) is 10.0. The van der Waals surface area contributed by atoms with E-state index in [-0.39, 0.29) is 25.9 Å². The highest BCUT2D eigenvalue weighted by atomic mass is 35.5. The Bertz CT molecular complexity index is 1130. The first-order valence-corrected chi connectivity index (χ1v) is 12.1. The maximum atomic E-state index is 11.8. The van der Waals surface area contributed by atoms with Crippen LogP contribution in [0.3, 0.4) is 0 Å². The number of hydrogen-bond acceptors (Lipinski definition) is 7. The smallest absolute Gasteiger partial charge is 0.230 e. The van der Waals surface area contributed by atoms with Crippen molar-refractivity contribution in [3.63, 3.8) is 0 Å². The number of unbranched alkanes of at least 4 members (excludes halogenated alkanes) is 1. The number of carboxylic acid groups (broad SMARTS) is 1. The Kier molecular flexibility index (Phi) is 7.28. The van der Waals surface area contributed by atoms with Crippen LogP contribution in [0.1, 0.15) is 32.1 Å². The monoisotopic (exact) mass is 528 g/mol. The lowest BCUT2D eigenvalue weighted by Gasteiger charge is -2.27. The van der Waals surface area contributed by atoms with E-state index in [9.17, 15) is 19.5 Å². The topological polar surface area (TPSA) is 96.0 Å². The lowest BCUT2D eigenvalue weighted by Crippen LogP contribution is -2.50. The number of imide groups is 1. The number of aliphatic carboxylic acids is 1. The predicted molar refractivity (Wildman–Crippen MR) is 121 cm³/mol. The lowest BCUT2D eigenvalue weighted by atomic mass is 10.1. The number of nitrogens with zero attached hydrogens (tertiary/aromatic N) is 1. The summed E-state index contributed by atoms with van der Waals surface area (Å²) in [6.07, 6.45) is 1.09. The molecule has 0 aromatic heterocycles. The van der Waals surface area contributed by atoms with E-state index in [1.807, 2.05) is 0 Å². The molecule has 2 heterocycles. The minimum Gasteiger partial charge on any atom is -0.548 e. The van der Waals surface area contributed by atoms with Crippen molar-refractivity contribution in [3.05, 3.63) is 39.3 Å². The summed E-state index contributed by atoms with van der Waals surface area (Å²) >= 11 is 19.9. The van der Waals surface area contributed by atoms with Crippen LogP contribution in [0, 0.1) is 0 Å². The van der Waals surface area contributed by atoms with Gasteiger partial charge in [0.25, 0.3) is 0 Å². The maximum Gasteiger partial charge on any atom is 0.230 e. The minimum atomic E-state index is -1.43. The Morgan fingerprint density at radius 1 is 1.00 bits per heavy atom. The molecule has 11 heteroatoms. The van der Waals surface area contributed by atoms with Gasteiger partial charge in [0.05, 0.1) is 43.5 Å². The van der Waals surface area contributed by atoms with Gasteiger partial charge in [-0.25, -0.2) is 0 Å². The van der Waals surface area contributed by atoms with E-state index < -0.39 is 23.8 Å². The van der Waals surface area contributed by atoms with E-state index in [4.69, 9.17) is 44.3 Å². The number of likely N-dealkylation sites (tertiary alicyclic amines) is 1. The first-order valence-electron chi connectivity index (χ1n) is 10.1. The van der Waals surface area contributed by atoms with Crippen LogP contribution in [0.25, 0.3) is 0 Å². The second-order valence-corrected chi connectivity index (χ2v) is 9.79. The highest BCUT2D eigenvalue weighted by Crippen LogP contribution is 2.51. The van der Waals surface area contributed by atoms with Crippen LogP contribution in [-0.2, 0) is 14.4 Å². The zero-order valence-electron chi connectivity index (χ0n) is 17.1. The van der Waals surface area contributed by atoms with E-state index in [1.54, 1.807) is 24.3 Å². The molecule has 4 rings (SSSR count). The SMILES string of the molecule is O=C([O-])C(CCCCOc1cc2c(cc1Cl)Oc1cc(Cl)c(Cl)cc1S2)N1C(=O)CCC1=O. The number of halogens is 3. The van der Waals surface area contributed by atoms with Crippen LogP contribution in [0.5, 0.6) is 17.2 Å². The molecule has 1 unspecified atom stereocenters. The first kappa shape index (κ1) is 24.0. The summed E-state index contributed by atoms with van der Waals surface area (Å²) in [6, 6.07) is 5.54. The number of fused-ring (bicyclic) bond motifs is 2. The van der Waals surface area contributed by atoms with Crippen molar-refractivity contribution in [1.29, 1.82) is 0 Å². The molecule has 0 radical (unpaired) electrons. The normalized spacial score (nSPS) is 15.7. The van der Waals surface area contributed by atoms with Gasteiger partial charge in [-0.1, -0.05) is 46.6 Å². The van der Waals surface area contributed by atoms with E-state index in [0.717, 1.165) is 14.7 Å². The predicted octanol–water partition coefficient (Wildman–Crippen LogP) is 4.72.